The van der Waals surface area contributed by atoms with Crippen LogP contribution in [0.2, 0.25) is 0 Å². The van der Waals surface area contributed by atoms with Crippen LogP contribution in [0.15, 0.2) is 12.4 Å². The van der Waals surface area contributed by atoms with Gasteiger partial charge in [0.25, 0.3) is 0 Å². The molecule has 0 aliphatic carbocycles. The Hall–Kier alpha value is -1.65. The molecule has 0 aliphatic heterocycles. The molecule has 0 aromatic carbocycles. The molecule has 2 aromatic rings. The van der Waals surface area contributed by atoms with Gasteiger partial charge in [0, 0.05) is 26.5 Å². The van der Waals surface area contributed by atoms with Gasteiger partial charge in [-0.2, -0.15) is 0 Å². The average Bonchev–Trinajstić information content (AvgIpc) is 2.48. The van der Waals surface area contributed by atoms with E-state index in [9.17, 15) is 0 Å². The van der Waals surface area contributed by atoms with Crippen molar-refractivity contribution >= 4 is 11.5 Å². The summed E-state index contributed by atoms with van der Waals surface area (Å²) < 4.78 is 1.92. The highest BCUT2D eigenvalue weighted by molar-refractivity contribution is 5.62. The van der Waals surface area contributed by atoms with Gasteiger partial charge in [0.2, 0.25) is 5.65 Å². The van der Waals surface area contributed by atoms with E-state index in [1.54, 1.807) is 6.20 Å². The quantitative estimate of drug-likeness (QED) is 0.636. The molecule has 0 fully saturated rings. The Bertz CT molecular complexity index is 431. The summed E-state index contributed by atoms with van der Waals surface area (Å²) in [6.07, 6.45) is 3.61. The zero-order chi connectivity index (χ0) is 9.42. The van der Waals surface area contributed by atoms with Crippen LogP contribution in [0, 0.1) is 6.92 Å². The lowest BCUT2D eigenvalue weighted by Gasteiger charge is -2.10. The molecule has 5 heteroatoms. The topological polar surface area (TPSA) is 46.3 Å². The molecule has 0 N–H and O–H groups in total. The molecule has 0 saturated heterocycles. The number of anilines is 1. The third-order valence-corrected chi connectivity index (χ3v) is 1.90. The van der Waals surface area contributed by atoms with Gasteiger partial charge in [-0.1, -0.05) is 0 Å². The smallest absolute Gasteiger partial charge is 0.203 e. The van der Waals surface area contributed by atoms with Gasteiger partial charge in [0.15, 0.2) is 5.82 Å². The van der Waals surface area contributed by atoms with Gasteiger partial charge in [-0.25, -0.2) is 4.98 Å². The third kappa shape index (κ3) is 1.12. The second kappa shape index (κ2) is 2.69. The summed E-state index contributed by atoms with van der Waals surface area (Å²) in [4.78, 5) is 6.14. The minimum absolute atomic E-state index is 0.796. The van der Waals surface area contributed by atoms with E-state index in [1.807, 2.05) is 36.5 Å². The van der Waals surface area contributed by atoms with Crippen molar-refractivity contribution in [3.8, 4) is 0 Å². The molecule has 0 atom stereocenters. The van der Waals surface area contributed by atoms with Gasteiger partial charge >= 0.3 is 0 Å². The molecule has 0 radical (unpaired) electrons. The molecule has 5 nitrogen and oxygen atoms in total. The highest BCUT2D eigenvalue weighted by atomic mass is 15.3. The van der Waals surface area contributed by atoms with Crippen LogP contribution in [0.25, 0.3) is 5.65 Å². The highest BCUT2D eigenvalue weighted by Crippen LogP contribution is 2.13. The number of fused-ring (bicyclic) bond motifs is 1. The van der Waals surface area contributed by atoms with Crippen molar-refractivity contribution in [1.82, 2.24) is 19.6 Å². The van der Waals surface area contributed by atoms with Crippen molar-refractivity contribution in [3.05, 3.63) is 18.2 Å². The lowest BCUT2D eigenvalue weighted by Crippen LogP contribution is -2.12. The van der Waals surface area contributed by atoms with Gasteiger partial charge in [0.05, 0.1) is 0 Å². The van der Waals surface area contributed by atoms with Crippen molar-refractivity contribution < 1.29 is 0 Å². The first kappa shape index (κ1) is 7.97. The summed E-state index contributed by atoms with van der Waals surface area (Å²) in [5.74, 6) is 1.71. The van der Waals surface area contributed by atoms with Crippen LogP contribution < -0.4 is 4.90 Å². The summed E-state index contributed by atoms with van der Waals surface area (Å²) in [6, 6.07) is 0. The van der Waals surface area contributed by atoms with Crippen molar-refractivity contribution in [2.24, 2.45) is 0 Å². The predicted octanol–water partition coefficient (Wildman–Crippen LogP) is 0.499. The lowest BCUT2D eigenvalue weighted by atomic mass is 10.5. The molecular weight excluding hydrogens is 166 g/mol. The van der Waals surface area contributed by atoms with Crippen LogP contribution in [0.4, 0.5) is 5.82 Å². The minimum atomic E-state index is 0.796. The number of nitrogens with zero attached hydrogens (tertiary/aromatic N) is 5. The fourth-order valence-electron chi connectivity index (χ4n) is 1.24. The fourth-order valence-corrected chi connectivity index (χ4v) is 1.24. The van der Waals surface area contributed by atoms with Crippen LogP contribution in [-0.4, -0.2) is 33.7 Å². The predicted molar refractivity (Wildman–Crippen MR) is 49.8 cm³/mol. The molecule has 2 rings (SSSR count). The summed E-state index contributed by atoms with van der Waals surface area (Å²) in [5, 5.41) is 8.03. The van der Waals surface area contributed by atoms with E-state index in [1.165, 1.54) is 0 Å². The Balaban J connectivity index is 2.77. The Labute approximate surface area is 76.0 Å². The first-order chi connectivity index (χ1) is 6.20. The van der Waals surface area contributed by atoms with Gasteiger partial charge < -0.3 is 4.90 Å². The number of hydrogen-bond donors (Lipinski definition) is 0. The van der Waals surface area contributed by atoms with Crippen molar-refractivity contribution in [2.75, 3.05) is 19.0 Å². The van der Waals surface area contributed by atoms with Crippen LogP contribution >= 0.6 is 0 Å². The van der Waals surface area contributed by atoms with E-state index in [2.05, 4.69) is 15.2 Å². The van der Waals surface area contributed by atoms with Crippen LogP contribution in [0.5, 0.6) is 0 Å². The van der Waals surface area contributed by atoms with Gasteiger partial charge in [-0.05, 0) is 6.92 Å². The first-order valence-electron chi connectivity index (χ1n) is 4.04. The molecule has 0 aliphatic rings. The number of hydrogen-bond acceptors (Lipinski definition) is 4. The summed E-state index contributed by atoms with van der Waals surface area (Å²) in [5.41, 5.74) is 0.796. The zero-order valence-corrected chi connectivity index (χ0v) is 7.89. The zero-order valence-electron chi connectivity index (χ0n) is 7.89. The maximum absolute atomic E-state index is 4.22. The largest absolute Gasteiger partial charge is 0.360 e. The number of aromatic nitrogens is 4. The van der Waals surface area contributed by atoms with E-state index in [0.717, 1.165) is 17.3 Å². The Kier molecular flexibility index (Phi) is 1.65. The maximum Gasteiger partial charge on any atom is 0.203 e. The normalized spacial score (nSPS) is 10.7. The second-order valence-corrected chi connectivity index (χ2v) is 3.09. The Morgan fingerprint density at radius 2 is 2.08 bits per heavy atom. The van der Waals surface area contributed by atoms with Crippen molar-refractivity contribution in [3.63, 3.8) is 0 Å². The molecule has 2 aromatic heterocycles. The molecule has 0 bridgehead atoms. The molecular formula is C8H11N5. The average molecular weight is 177 g/mol. The summed E-state index contributed by atoms with van der Waals surface area (Å²) in [6.45, 7) is 1.92. The molecule has 68 valence electrons. The van der Waals surface area contributed by atoms with E-state index in [4.69, 9.17) is 0 Å². The third-order valence-electron chi connectivity index (χ3n) is 1.90. The maximum atomic E-state index is 4.22. The standard InChI is InChI=1S/C8H11N5/c1-6-10-11-8-7(12(2)3)9-4-5-13(6)8/h4-5H,1-3H3. The van der Waals surface area contributed by atoms with E-state index in [0.29, 0.717) is 0 Å². The summed E-state index contributed by atoms with van der Waals surface area (Å²) in [7, 11) is 3.87. The molecule has 0 spiro atoms. The minimum Gasteiger partial charge on any atom is -0.360 e. The number of rotatable bonds is 1. The SMILES string of the molecule is Cc1nnc2c(N(C)C)nccn12. The van der Waals surface area contributed by atoms with Gasteiger partial charge in [0.1, 0.15) is 5.82 Å². The number of aryl methyl sites for hydroxylation is 1. The van der Waals surface area contributed by atoms with Crippen molar-refractivity contribution in [2.45, 2.75) is 6.92 Å². The molecule has 0 saturated carbocycles. The van der Waals surface area contributed by atoms with E-state index < -0.39 is 0 Å². The van der Waals surface area contributed by atoms with E-state index in [-0.39, 0.29) is 0 Å². The first-order valence-corrected chi connectivity index (χ1v) is 4.04. The van der Waals surface area contributed by atoms with Crippen molar-refractivity contribution in [1.29, 1.82) is 0 Å². The Morgan fingerprint density at radius 1 is 1.31 bits per heavy atom. The molecule has 0 unspecified atom stereocenters. The van der Waals surface area contributed by atoms with E-state index >= 15 is 0 Å². The molecule has 0 amide bonds. The molecule has 2 heterocycles. The Morgan fingerprint density at radius 3 is 2.77 bits per heavy atom. The highest BCUT2D eigenvalue weighted by Gasteiger charge is 2.07. The monoisotopic (exact) mass is 177 g/mol. The van der Waals surface area contributed by atoms with Crippen LogP contribution in [-0.2, 0) is 0 Å². The molecule has 13 heavy (non-hydrogen) atoms. The van der Waals surface area contributed by atoms with Crippen LogP contribution in [0.3, 0.4) is 0 Å². The second-order valence-electron chi connectivity index (χ2n) is 3.09. The lowest BCUT2D eigenvalue weighted by molar-refractivity contribution is 0.993. The fraction of sp³-hybridized carbons (Fsp3) is 0.375. The summed E-state index contributed by atoms with van der Waals surface area (Å²) >= 11 is 0. The van der Waals surface area contributed by atoms with Gasteiger partial charge in [-0.15, -0.1) is 10.2 Å². The van der Waals surface area contributed by atoms with Gasteiger partial charge in [-0.3, -0.25) is 4.40 Å². The van der Waals surface area contributed by atoms with Crippen LogP contribution in [0.1, 0.15) is 5.82 Å².